The van der Waals surface area contributed by atoms with Crippen LogP contribution in [-0.4, -0.2) is 76.3 Å². The van der Waals surface area contributed by atoms with Gasteiger partial charge in [-0.1, -0.05) is 0 Å². The molecule has 0 N–H and O–H groups in total. The van der Waals surface area contributed by atoms with E-state index >= 15 is 0 Å². The fourth-order valence-corrected chi connectivity index (χ4v) is 3.79. The molecule has 4 fully saturated rings. The van der Waals surface area contributed by atoms with Gasteiger partial charge in [-0.3, -0.25) is 9.59 Å². The molecule has 0 aromatic carbocycles. The molecule has 4 aliphatic heterocycles. The molecule has 4 aliphatic rings. The predicted molar refractivity (Wildman–Crippen MR) is 92.3 cm³/mol. The number of cyclic esters (lactones) is 3. The summed E-state index contributed by atoms with van der Waals surface area (Å²) >= 11 is 0. The van der Waals surface area contributed by atoms with Crippen molar-refractivity contribution >= 4 is 27.9 Å². The molecule has 150 valence electrons. The highest BCUT2D eigenvalue weighted by molar-refractivity contribution is 7.91. The maximum Gasteiger partial charge on any atom is 0.508 e. The van der Waals surface area contributed by atoms with Gasteiger partial charge in [0.2, 0.25) is 5.91 Å². The monoisotopic (exact) mass is 393 g/mol. The molecule has 0 radical (unpaired) electrons. The molecule has 0 atom stereocenters. The van der Waals surface area contributed by atoms with Crippen LogP contribution < -0.4 is 0 Å². The van der Waals surface area contributed by atoms with Crippen LogP contribution in [-0.2, 0) is 33.6 Å². The van der Waals surface area contributed by atoms with Gasteiger partial charge in [0.1, 0.15) is 23.1 Å². The third-order valence-electron chi connectivity index (χ3n) is 3.78. The topological polar surface area (TPSA) is 116 Å². The molecule has 4 rings (SSSR count). The molecule has 1 amide bonds. The van der Waals surface area contributed by atoms with Crippen molar-refractivity contribution in [3.8, 4) is 0 Å². The van der Waals surface area contributed by atoms with Gasteiger partial charge in [0.25, 0.3) is 0 Å². The van der Waals surface area contributed by atoms with Gasteiger partial charge in [-0.05, 0) is 25.7 Å². The van der Waals surface area contributed by atoms with Crippen molar-refractivity contribution in [1.82, 2.24) is 4.90 Å². The Labute approximate surface area is 153 Å². The van der Waals surface area contributed by atoms with Crippen LogP contribution in [0.5, 0.6) is 0 Å². The van der Waals surface area contributed by atoms with Gasteiger partial charge in [-0.2, -0.15) is 0 Å². The first kappa shape index (κ1) is 22.2. The highest BCUT2D eigenvalue weighted by atomic mass is 32.2. The summed E-state index contributed by atoms with van der Waals surface area (Å²) in [5.41, 5.74) is 0. The van der Waals surface area contributed by atoms with E-state index in [1.807, 2.05) is 7.05 Å². The summed E-state index contributed by atoms with van der Waals surface area (Å²) < 4.78 is 34.0. The van der Waals surface area contributed by atoms with Crippen molar-refractivity contribution in [2.24, 2.45) is 0 Å². The number of likely N-dealkylation sites (tertiary alicyclic amines) is 1. The van der Waals surface area contributed by atoms with E-state index < -0.39 is 16.0 Å². The maximum absolute atomic E-state index is 10.5. The summed E-state index contributed by atoms with van der Waals surface area (Å²) in [4.78, 5) is 32.1. The molecule has 0 aromatic rings. The molecular formula is C16H27NO8S. The highest BCUT2D eigenvalue weighted by Crippen LogP contribution is 2.08. The van der Waals surface area contributed by atoms with Gasteiger partial charge >= 0.3 is 12.1 Å². The number of sulfone groups is 1. The fourth-order valence-electron chi connectivity index (χ4n) is 2.30. The Hall–Kier alpha value is -1.84. The van der Waals surface area contributed by atoms with Gasteiger partial charge in [-0.15, -0.1) is 0 Å². The lowest BCUT2D eigenvalue weighted by Gasteiger charge is -2.03. The van der Waals surface area contributed by atoms with Gasteiger partial charge in [0.15, 0.2) is 0 Å². The second-order valence-electron chi connectivity index (χ2n) is 6.05. The Bertz CT molecular complexity index is 527. The van der Waals surface area contributed by atoms with E-state index in [0.717, 1.165) is 38.6 Å². The summed E-state index contributed by atoms with van der Waals surface area (Å²) in [5, 5.41) is 0. The van der Waals surface area contributed by atoms with Crippen molar-refractivity contribution < 1.29 is 37.0 Å². The zero-order chi connectivity index (χ0) is 19.4. The standard InChI is InChI=1S/C5H9NO.C4H8O2S.C4H6O2.C3H4O3/c1-6-4-2-3-5(6)7;5-7(6)3-1-2-4-7;5-4-2-1-3-6-4;4-3-5-1-2-6-3/h2-4H2,1H3;1-4H2;1-3H2;1-2H2. The zero-order valence-electron chi connectivity index (χ0n) is 15.1. The quantitative estimate of drug-likeness (QED) is 0.558. The van der Waals surface area contributed by atoms with Crippen LogP contribution in [0.2, 0.25) is 0 Å². The van der Waals surface area contributed by atoms with E-state index in [2.05, 4.69) is 14.2 Å². The van der Waals surface area contributed by atoms with Crippen LogP contribution in [0.4, 0.5) is 4.79 Å². The van der Waals surface area contributed by atoms with Gasteiger partial charge in [0.05, 0.1) is 18.1 Å². The number of hydrogen-bond donors (Lipinski definition) is 0. The van der Waals surface area contributed by atoms with Crippen LogP contribution >= 0.6 is 0 Å². The molecular weight excluding hydrogens is 366 g/mol. The molecule has 26 heavy (non-hydrogen) atoms. The number of carbonyl (C=O) groups excluding carboxylic acids is 3. The number of esters is 1. The van der Waals surface area contributed by atoms with E-state index in [-0.39, 0.29) is 5.97 Å². The SMILES string of the molecule is CN1CCCC1=O.O=C1CCCO1.O=C1OCCO1.O=S1(=O)CCCC1. The number of ether oxygens (including phenoxy) is 3. The number of amides is 1. The van der Waals surface area contributed by atoms with Gasteiger partial charge in [0, 0.05) is 26.4 Å². The first-order valence-corrected chi connectivity index (χ1v) is 10.5. The molecule has 4 heterocycles. The Morgan fingerprint density at radius 2 is 1.42 bits per heavy atom. The second kappa shape index (κ2) is 11.7. The zero-order valence-corrected chi connectivity index (χ0v) is 15.9. The minimum atomic E-state index is -2.55. The molecule has 0 aliphatic carbocycles. The van der Waals surface area contributed by atoms with Crippen LogP contribution in [0.1, 0.15) is 38.5 Å². The van der Waals surface area contributed by atoms with E-state index in [4.69, 9.17) is 0 Å². The molecule has 0 saturated carbocycles. The third kappa shape index (κ3) is 10.2. The van der Waals surface area contributed by atoms with Crippen molar-refractivity contribution in [2.75, 3.05) is 44.9 Å². The first-order chi connectivity index (χ1) is 12.3. The third-order valence-corrected chi connectivity index (χ3v) is 5.60. The molecule has 0 unspecified atom stereocenters. The number of rotatable bonds is 0. The predicted octanol–water partition coefficient (Wildman–Crippen LogP) is 0.910. The summed E-state index contributed by atoms with van der Waals surface area (Å²) in [6.07, 6.45) is 4.56. The Morgan fingerprint density at radius 3 is 1.58 bits per heavy atom. The highest BCUT2D eigenvalue weighted by Gasteiger charge is 2.16. The lowest BCUT2D eigenvalue weighted by Crippen LogP contribution is -2.17. The van der Waals surface area contributed by atoms with Crippen LogP contribution in [0.15, 0.2) is 0 Å². The molecule has 0 aromatic heterocycles. The molecule has 4 saturated heterocycles. The summed E-state index contributed by atoms with van der Waals surface area (Å²) in [7, 11) is -0.704. The molecule has 0 spiro atoms. The average Bonchev–Trinajstić information content (AvgIpc) is 3.36. The van der Waals surface area contributed by atoms with Crippen LogP contribution in [0, 0.1) is 0 Å². The maximum atomic E-state index is 10.5. The van der Waals surface area contributed by atoms with Crippen molar-refractivity contribution in [2.45, 2.75) is 38.5 Å². The summed E-state index contributed by atoms with van der Waals surface area (Å²) in [5.74, 6) is 1.09. The fraction of sp³-hybridized carbons (Fsp3) is 0.812. The molecule has 9 nitrogen and oxygen atoms in total. The number of nitrogens with zero attached hydrogens (tertiary/aromatic N) is 1. The van der Waals surface area contributed by atoms with E-state index in [9.17, 15) is 22.8 Å². The van der Waals surface area contributed by atoms with E-state index in [0.29, 0.717) is 43.7 Å². The number of carbonyl (C=O) groups is 3. The second-order valence-corrected chi connectivity index (χ2v) is 8.35. The van der Waals surface area contributed by atoms with Crippen molar-refractivity contribution in [3.63, 3.8) is 0 Å². The lowest BCUT2D eigenvalue weighted by atomic mass is 10.4. The normalized spacial score (nSPS) is 22.7. The summed E-state index contributed by atoms with van der Waals surface area (Å²) in [6.45, 7) is 2.43. The minimum absolute atomic E-state index is 0.0463. The van der Waals surface area contributed by atoms with Gasteiger partial charge in [-0.25, -0.2) is 13.2 Å². The molecule has 0 bridgehead atoms. The Morgan fingerprint density at radius 1 is 0.808 bits per heavy atom. The minimum Gasteiger partial charge on any atom is -0.466 e. The largest absolute Gasteiger partial charge is 0.508 e. The van der Waals surface area contributed by atoms with Crippen LogP contribution in [0.3, 0.4) is 0 Å². The van der Waals surface area contributed by atoms with E-state index in [1.54, 1.807) is 4.90 Å². The average molecular weight is 393 g/mol. The van der Waals surface area contributed by atoms with Crippen molar-refractivity contribution in [3.05, 3.63) is 0 Å². The van der Waals surface area contributed by atoms with Gasteiger partial charge < -0.3 is 19.1 Å². The van der Waals surface area contributed by atoms with E-state index in [1.165, 1.54) is 0 Å². The lowest BCUT2D eigenvalue weighted by molar-refractivity contribution is -0.138. The Balaban J connectivity index is 0.000000174. The summed E-state index contributed by atoms with van der Waals surface area (Å²) in [6, 6.07) is 0. The smallest absolute Gasteiger partial charge is 0.466 e. The molecule has 10 heteroatoms. The first-order valence-electron chi connectivity index (χ1n) is 8.70. The van der Waals surface area contributed by atoms with Crippen molar-refractivity contribution in [1.29, 1.82) is 0 Å². The number of hydrogen-bond acceptors (Lipinski definition) is 8. The Kier molecular flexibility index (Phi) is 10.0. The van der Waals surface area contributed by atoms with Crippen LogP contribution in [0.25, 0.3) is 0 Å².